The van der Waals surface area contributed by atoms with E-state index in [0.717, 1.165) is 46.2 Å². The van der Waals surface area contributed by atoms with Crippen molar-refractivity contribution in [2.75, 3.05) is 25.1 Å². The number of hydrogen-bond donors (Lipinski definition) is 1. The first-order chi connectivity index (χ1) is 13.1. The zero-order chi connectivity index (χ0) is 18.8. The summed E-state index contributed by atoms with van der Waals surface area (Å²) in [5.74, 6) is -0.262. The van der Waals surface area contributed by atoms with Gasteiger partial charge in [-0.05, 0) is 36.2 Å². The van der Waals surface area contributed by atoms with Crippen molar-refractivity contribution in [1.29, 1.82) is 0 Å². The molecule has 1 aliphatic rings. The highest BCUT2D eigenvalue weighted by Crippen LogP contribution is 2.35. The van der Waals surface area contributed by atoms with E-state index in [1.54, 1.807) is 24.5 Å². The van der Waals surface area contributed by atoms with Gasteiger partial charge in [0.05, 0.1) is 17.3 Å². The fourth-order valence-electron chi connectivity index (χ4n) is 3.15. The van der Waals surface area contributed by atoms with Gasteiger partial charge in [0.2, 0.25) is 0 Å². The molecule has 0 fully saturated rings. The van der Waals surface area contributed by atoms with Gasteiger partial charge in [0.15, 0.2) is 5.13 Å². The van der Waals surface area contributed by atoms with Crippen molar-refractivity contribution in [2.45, 2.75) is 12.8 Å². The number of ether oxygens (including phenoxy) is 1. The molecule has 0 spiro atoms. The van der Waals surface area contributed by atoms with Crippen LogP contribution in [-0.2, 0) is 6.42 Å². The topological polar surface area (TPSA) is 75.5 Å². The zero-order valence-electron chi connectivity index (χ0n) is 14.9. The molecule has 0 unspecified atom stereocenters. The van der Waals surface area contributed by atoms with Crippen molar-refractivity contribution < 1.29 is 14.6 Å². The molecule has 0 radical (unpaired) electrons. The molecule has 0 amide bonds. The van der Waals surface area contributed by atoms with Gasteiger partial charge < -0.3 is 14.7 Å². The molecule has 1 aliphatic heterocycles. The Morgan fingerprint density at radius 3 is 2.93 bits per heavy atom. The number of anilines is 1. The Hall–Kier alpha value is -2.93. The predicted molar refractivity (Wildman–Crippen MR) is 106 cm³/mol. The minimum absolute atomic E-state index is 0.0470. The van der Waals surface area contributed by atoms with E-state index in [0.29, 0.717) is 12.1 Å². The van der Waals surface area contributed by atoms with Crippen molar-refractivity contribution in [3.8, 4) is 5.75 Å². The van der Waals surface area contributed by atoms with Crippen LogP contribution >= 0.6 is 11.3 Å². The summed E-state index contributed by atoms with van der Waals surface area (Å²) >= 11 is 1.65. The van der Waals surface area contributed by atoms with E-state index in [9.17, 15) is 9.90 Å². The molecular formula is C20H19N3O3S. The second-order valence-corrected chi connectivity index (χ2v) is 7.34. The van der Waals surface area contributed by atoms with Crippen LogP contribution in [0, 0.1) is 0 Å². The van der Waals surface area contributed by atoms with Crippen LogP contribution in [0.2, 0.25) is 0 Å². The molecule has 0 saturated carbocycles. The summed E-state index contributed by atoms with van der Waals surface area (Å²) in [7, 11) is 1.64. The molecule has 3 aromatic rings. The van der Waals surface area contributed by atoms with E-state index in [2.05, 4.69) is 22.0 Å². The number of pyridine rings is 1. The zero-order valence-corrected chi connectivity index (χ0v) is 15.7. The number of hydrogen-bond acceptors (Lipinski definition) is 6. The Labute approximate surface area is 160 Å². The highest BCUT2D eigenvalue weighted by Gasteiger charge is 2.17. The standard InChI is InChI=1S/C20H19N3O3S/c1-26-15-11-13(10-14-6-5-7-16(21-14)19(24)25)18-17(12-15)27-20(22-18)23-8-3-2-4-9-23/h2-3,5-7,11-12H,4,8-10H2,1H3,(H,24,25). The highest BCUT2D eigenvalue weighted by atomic mass is 32.1. The molecule has 3 heterocycles. The number of aromatic nitrogens is 2. The van der Waals surface area contributed by atoms with Crippen molar-refractivity contribution in [3.05, 3.63) is 59.4 Å². The Morgan fingerprint density at radius 2 is 2.19 bits per heavy atom. The van der Waals surface area contributed by atoms with Gasteiger partial charge in [-0.25, -0.2) is 14.8 Å². The van der Waals surface area contributed by atoms with Crippen LogP contribution in [0.25, 0.3) is 10.2 Å². The van der Waals surface area contributed by atoms with Crippen LogP contribution in [0.3, 0.4) is 0 Å². The van der Waals surface area contributed by atoms with Crippen LogP contribution < -0.4 is 9.64 Å². The Kier molecular flexibility index (Phi) is 4.77. The average molecular weight is 381 g/mol. The number of fused-ring (bicyclic) bond motifs is 1. The van der Waals surface area contributed by atoms with Crippen molar-refractivity contribution >= 4 is 32.7 Å². The first-order valence-electron chi connectivity index (χ1n) is 8.70. The van der Waals surface area contributed by atoms with E-state index < -0.39 is 5.97 Å². The molecule has 4 rings (SSSR count). The molecule has 27 heavy (non-hydrogen) atoms. The molecule has 2 aromatic heterocycles. The largest absolute Gasteiger partial charge is 0.497 e. The normalized spacial score (nSPS) is 13.9. The van der Waals surface area contributed by atoms with Crippen molar-refractivity contribution in [1.82, 2.24) is 9.97 Å². The third-order valence-corrected chi connectivity index (χ3v) is 5.56. The third-order valence-electron chi connectivity index (χ3n) is 4.50. The molecular weight excluding hydrogens is 362 g/mol. The summed E-state index contributed by atoms with van der Waals surface area (Å²) in [5.41, 5.74) is 2.65. The third kappa shape index (κ3) is 3.64. The van der Waals surface area contributed by atoms with Gasteiger partial charge >= 0.3 is 5.97 Å². The van der Waals surface area contributed by atoms with Crippen LogP contribution in [0.15, 0.2) is 42.5 Å². The van der Waals surface area contributed by atoms with Gasteiger partial charge in [-0.1, -0.05) is 29.6 Å². The lowest BCUT2D eigenvalue weighted by Crippen LogP contribution is -2.26. The SMILES string of the molecule is COc1cc(Cc2cccc(C(=O)O)n2)c2nc(N3CC=CCC3)sc2c1. The van der Waals surface area contributed by atoms with Crippen molar-refractivity contribution in [2.24, 2.45) is 0 Å². The van der Waals surface area contributed by atoms with Gasteiger partial charge in [0.25, 0.3) is 0 Å². The molecule has 138 valence electrons. The number of thiazole rings is 1. The number of rotatable bonds is 5. The van der Waals surface area contributed by atoms with Crippen LogP contribution in [-0.4, -0.2) is 41.2 Å². The molecule has 0 aliphatic carbocycles. The van der Waals surface area contributed by atoms with Crippen LogP contribution in [0.4, 0.5) is 5.13 Å². The molecule has 0 atom stereocenters. The Morgan fingerprint density at radius 1 is 1.30 bits per heavy atom. The number of nitrogens with zero attached hydrogens (tertiary/aromatic N) is 3. The van der Waals surface area contributed by atoms with E-state index in [4.69, 9.17) is 9.72 Å². The molecule has 0 saturated heterocycles. The fraction of sp³-hybridized carbons (Fsp3) is 0.250. The maximum absolute atomic E-state index is 11.2. The van der Waals surface area contributed by atoms with Crippen LogP contribution in [0.5, 0.6) is 5.75 Å². The lowest BCUT2D eigenvalue weighted by molar-refractivity contribution is 0.0690. The number of carbonyl (C=O) groups is 1. The second-order valence-electron chi connectivity index (χ2n) is 6.33. The lowest BCUT2D eigenvalue weighted by atomic mass is 10.1. The van der Waals surface area contributed by atoms with E-state index in [1.165, 1.54) is 6.07 Å². The van der Waals surface area contributed by atoms with Gasteiger partial charge in [0, 0.05) is 25.2 Å². The minimum Gasteiger partial charge on any atom is -0.497 e. The van der Waals surface area contributed by atoms with E-state index >= 15 is 0 Å². The maximum atomic E-state index is 11.2. The lowest BCUT2D eigenvalue weighted by Gasteiger charge is -2.22. The number of carboxylic acids is 1. The van der Waals surface area contributed by atoms with Gasteiger partial charge in [-0.3, -0.25) is 0 Å². The summed E-state index contributed by atoms with van der Waals surface area (Å²) in [6.07, 6.45) is 5.88. The number of carboxylic acid groups (broad SMARTS) is 1. The molecule has 7 heteroatoms. The van der Waals surface area contributed by atoms with Gasteiger partial charge in [-0.15, -0.1) is 0 Å². The second kappa shape index (κ2) is 7.36. The predicted octanol–water partition coefficient (Wildman–Crippen LogP) is 3.76. The first kappa shape index (κ1) is 17.5. The van der Waals surface area contributed by atoms with Gasteiger partial charge in [-0.2, -0.15) is 0 Å². The smallest absolute Gasteiger partial charge is 0.354 e. The first-order valence-corrected chi connectivity index (χ1v) is 9.52. The number of methoxy groups -OCH3 is 1. The Bertz CT molecular complexity index is 1030. The summed E-state index contributed by atoms with van der Waals surface area (Å²) in [4.78, 5) is 22.6. The Balaban J connectivity index is 1.74. The number of benzene rings is 1. The van der Waals surface area contributed by atoms with E-state index in [-0.39, 0.29) is 5.69 Å². The van der Waals surface area contributed by atoms with Crippen LogP contribution in [0.1, 0.15) is 28.2 Å². The molecule has 0 bridgehead atoms. The average Bonchev–Trinajstić information content (AvgIpc) is 3.13. The minimum atomic E-state index is -1.03. The van der Waals surface area contributed by atoms with Gasteiger partial charge in [0.1, 0.15) is 11.4 Å². The summed E-state index contributed by atoms with van der Waals surface area (Å²) < 4.78 is 6.52. The maximum Gasteiger partial charge on any atom is 0.354 e. The molecule has 1 N–H and O–H groups in total. The highest BCUT2D eigenvalue weighted by molar-refractivity contribution is 7.22. The molecule has 6 nitrogen and oxygen atoms in total. The quantitative estimate of drug-likeness (QED) is 0.679. The number of aromatic carboxylic acids is 1. The monoisotopic (exact) mass is 381 g/mol. The van der Waals surface area contributed by atoms with Crippen molar-refractivity contribution in [3.63, 3.8) is 0 Å². The molecule has 1 aromatic carbocycles. The van der Waals surface area contributed by atoms with E-state index in [1.807, 2.05) is 18.2 Å². The summed E-state index contributed by atoms with van der Waals surface area (Å²) in [5, 5.41) is 10.2. The summed E-state index contributed by atoms with van der Waals surface area (Å²) in [6.45, 7) is 1.83. The fourth-order valence-corrected chi connectivity index (χ4v) is 4.23. The summed E-state index contributed by atoms with van der Waals surface area (Å²) in [6, 6.07) is 9.01.